The van der Waals surface area contributed by atoms with E-state index >= 15 is 0 Å². The molecular formula is C22H23N5O3S2. The van der Waals surface area contributed by atoms with E-state index in [2.05, 4.69) is 20.3 Å². The van der Waals surface area contributed by atoms with Crippen LogP contribution in [0.2, 0.25) is 0 Å². The lowest BCUT2D eigenvalue weighted by Gasteiger charge is -2.07. The maximum absolute atomic E-state index is 13.0. The monoisotopic (exact) mass is 469 g/mol. The summed E-state index contributed by atoms with van der Waals surface area (Å²) in [5.41, 5.74) is 2.15. The van der Waals surface area contributed by atoms with Crippen LogP contribution >= 0.6 is 22.7 Å². The van der Waals surface area contributed by atoms with Gasteiger partial charge in [0.1, 0.15) is 16.4 Å². The van der Waals surface area contributed by atoms with E-state index in [1.54, 1.807) is 14.0 Å². The molecule has 8 nitrogen and oxygen atoms in total. The second-order valence-electron chi connectivity index (χ2n) is 7.59. The number of aryl methyl sites for hydroxylation is 2. The van der Waals surface area contributed by atoms with Gasteiger partial charge in [0.2, 0.25) is 0 Å². The Hall–Kier alpha value is -3.08. The number of hydrogen-bond acceptors (Lipinski definition) is 8. The predicted molar refractivity (Wildman–Crippen MR) is 129 cm³/mol. The van der Waals surface area contributed by atoms with E-state index in [0.29, 0.717) is 38.2 Å². The first-order valence-electron chi connectivity index (χ1n) is 9.87. The number of amides is 1. The molecule has 0 unspecified atom stereocenters. The molecule has 0 saturated heterocycles. The first-order valence-corrected chi connectivity index (χ1v) is 11.5. The van der Waals surface area contributed by atoms with E-state index in [0.717, 1.165) is 21.9 Å². The van der Waals surface area contributed by atoms with Crippen LogP contribution in [-0.2, 0) is 6.54 Å². The average Bonchev–Trinajstić information content (AvgIpc) is 3.27. The molecule has 4 rings (SSSR count). The van der Waals surface area contributed by atoms with Crippen molar-refractivity contribution >= 4 is 43.9 Å². The minimum Gasteiger partial charge on any atom is -0.497 e. The lowest BCUT2D eigenvalue weighted by molar-refractivity contribution is 0.103. The fourth-order valence-corrected chi connectivity index (χ4v) is 5.33. The zero-order chi connectivity index (χ0) is 23.0. The van der Waals surface area contributed by atoms with Crippen LogP contribution in [-0.4, -0.2) is 47.0 Å². The van der Waals surface area contributed by atoms with Gasteiger partial charge in [-0.1, -0.05) is 0 Å². The number of methoxy groups -OCH3 is 1. The highest BCUT2D eigenvalue weighted by Gasteiger charge is 2.21. The number of nitrogens with zero attached hydrogens (tertiary/aromatic N) is 3. The molecule has 0 aliphatic carbocycles. The third-order valence-electron chi connectivity index (χ3n) is 4.90. The second kappa shape index (κ2) is 8.81. The van der Waals surface area contributed by atoms with Gasteiger partial charge < -0.3 is 14.6 Å². The van der Waals surface area contributed by atoms with Crippen molar-refractivity contribution in [3.05, 3.63) is 55.8 Å². The molecule has 0 aliphatic heterocycles. The molecule has 3 aromatic heterocycles. The lowest BCUT2D eigenvalue weighted by Crippen LogP contribution is -2.18. The number of thiophene rings is 1. The van der Waals surface area contributed by atoms with Crippen molar-refractivity contribution in [2.75, 3.05) is 26.5 Å². The number of benzene rings is 1. The third kappa shape index (κ3) is 4.29. The van der Waals surface area contributed by atoms with E-state index in [4.69, 9.17) is 4.74 Å². The number of H-pyrrole nitrogens is 1. The molecule has 3 heterocycles. The van der Waals surface area contributed by atoms with Crippen LogP contribution in [0.25, 0.3) is 21.5 Å². The van der Waals surface area contributed by atoms with Crippen molar-refractivity contribution in [1.29, 1.82) is 0 Å². The zero-order valence-electron chi connectivity index (χ0n) is 18.4. The predicted octanol–water partition coefficient (Wildman–Crippen LogP) is 4.05. The summed E-state index contributed by atoms with van der Waals surface area (Å²) < 4.78 is 5.21. The lowest BCUT2D eigenvalue weighted by atomic mass is 10.1. The van der Waals surface area contributed by atoms with Crippen LogP contribution in [0.3, 0.4) is 0 Å². The van der Waals surface area contributed by atoms with E-state index in [1.807, 2.05) is 50.2 Å². The maximum atomic E-state index is 13.0. The number of anilines is 1. The summed E-state index contributed by atoms with van der Waals surface area (Å²) in [6.45, 7) is 4.25. The number of thiazole rings is 1. The van der Waals surface area contributed by atoms with Gasteiger partial charge in [-0.05, 0) is 57.8 Å². The molecule has 166 valence electrons. The number of hydrogen-bond donors (Lipinski definition) is 2. The van der Waals surface area contributed by atoms with Crippen LogP contribution in [0.5, 0.6) is 5.75 Å². The summed E-state index contributed by atoms with van der Waals surface area (Å²) in [6, 6.07) is 7.63. The Morgan fingerprint density at radius 2 is 1.88 bits per heavy atom. The number of ether oxygens (including phenoxy) is 1. The van der Waals surface area contributed by atoms with Gasteiger partial charge in [0.25, 0.3) is 11.5 Å². The van der Waals surface area contributed by atoms with Gasteiger partial charge in [-0.3, -0.25) is 14.9 Å². The number of rotatable bonds is 6. The van der Waals surface area contributed by atoms with E-state index in [-0.39, 0.29) is 11.5 Å². The highest BCUT2D eigenvalue weighted by atomic mass is 32.1. The molecule has 32 heavy (non-hydrogen) atoms. The molecule has 0 saturated carbocycles. The van der Waals surface area contributed by atoms with Crippen molar-refractivity contribution in [2.24, 2.45) is 0 Å². The number of carbonyl (C=O) groups is 1. The van der Waals surface area contributed by atoms with Crippen LogP contribution < -0.4 is 15.6 Å². The molecule has 10 heteroatoms. The molecule has 4 aromatic rings. The molecule has 0 bridgehead atoms. The standard InChI is InChI=1S/C22H23N5O3S2/c1-11-16-19(28)23-15(10-27(3)4)24-21(16)32-18(11)20(29)26-22-25-17(12(2)31-22)13-6-8-14(30-5)9-7-13/h6-9H,10H2,1-5H3,(H,23,24,28)(H,25,26,29). The molecule has 0 aliphatic rings. The van der Waals surface area contributed by atoms with Gasteiger partial charge in [0.05, 0.1) is 29.6 Å². The van der Waals surface area contributed by atoms with E-state index in [9.17, 15) is 9.59 Å². The minimum absolute atomic E-state index is 0.230. The Kier molecular flexibility index (Phi) is 6.09. The smallest absolute Gasteiger partial charge is 0.267 e. The molecule has 0 fully saturated rings. The SMILES string of the molecule is COc1ccc(-c2nc(NC(=O)c3sc4nc(CN(C)C)[nH]c(=O)c4c3C)sc2C)cc1. The number of fused-ring (bicyclic) bond motifs is 1. The molecular weight excluding hydrogens is 446 g/mol. The summed E-state index contributed by atoms with van der Waals surface area (Å²) in [5, 5.41) is 3.85. The van der Waals surface area contributed by atoms with Gasteiger partial charge in [-0.15, -0.1) is 22.7 Å². The summed E-state index contributed by atoms with van der Waals surface area (Å²) in [6.07, 6.45) is 0. The normalized spacial score (nSPS) is 11.3. The zero-order valence-corrected chi connectivity index (χ0v) is 20.0. The first-order chi connectivity index (χ1) is 15.3. The number of aromatic amines is 1. The molecule has 1 aromatic carbocycles. The highest BCUT2D eigenvalue weighted by molar-refractivity contribution is 7.21. The summed E-state index contributed by atoms with van der Waals surface area (Å²) >= 11 is 2.63. The Balaban J connectivity index is 1.62. The number of carbonyl (C=O) groups excluding carboxylic acids is 1. The highest BCUT2D eigenvalue weighted by Crippen LogP contribution is 2.33. The van der Waals surface area contributed by atoms with Gasteiger partial charge in [-0.25, -0.2) is 9.97 Å². The molecule has 0 atom stereocenters. The van der Waals surface area contributed by atoms with Crippen LogP contribution in [0.1, 0.15) is 25.9 Å². The fraction of sp³-hybridized carbons (Fsp3) is 0.273. The van der Waals surface area contributed by atoms with Crippen molar-refractivity contribution < 1.29 is 9.53 Å². The minimum atomic E-state index is -0.297. The Bertz CT molecular complexity index is 1350. The maximum Gasteiger partial charge on any atom is 0.267 e. The Labute approximate surface area is 192 Å². The second-order valence-corrected chi connectivity index (χ2v) is 9.80. The van der Waals surface area contributed by atoms with Gasteiger partial charge in [-0.2, -0.15) is 0 Å². The van der Waals surface area contributed by atoms with Crippen molar-refractivity contribution in [1.82, 2.24) is 19.9 Å². The quantitative estimate of drug-likeness (QED) is 0.442. The topological polar surface area (TPSA) is 100 Å². The summed E-state index contributed by atoms with van der Waals surface area (Å²) in [4.78, 5) is 41.5. The van der Waals surface area contributed by atoms with E-state index < -0.39 is 0 Å². The van der Waals surface area contributed by atoms with Crippen LogP contribution in [0, 0.1) is 13.8 Å². The molecule has 0 spiro atoms. The number of nitrogens with one attached hydrogen (secondary N) is 2. The van der Waals surface area contributed by atoms with Crippen molar-refractivity contribution in [3.8, 4) is 17.0 Å². The van der Waals surface area contributed by atoms with Crippen molar-refractivity contribution in [2.45, 2.75) is 20.4 Å². The number of aromatic nitrogens is 3. The Morgan fingerprint density at radius 1 is 1.16 bits per heavy atom. The first kappa shape index (κ1) is 22.1. The largest absolute Gasteiger partial charge is 0.497 e. The summed E-state index contributed by atoms with van der Waals surface area (Å²) in [5.74, 6) is 1.04. The molecule has 0 radical (unpaired) electrons. The van der Waals surface area contributed by atoms with Gasteiger partial charge >= 0.3 is 0 Å². The van der Waals surface area contributed by atoms with Crippen molar-refractivity contribution in [3.63, 3.8) is 0 Å². The Morgan fingerprint density at radius 3 is 2.53 bits per heavy atom. The fourth-order valence-electron chi connectivity index (χ4n) is 3.40. The molecule has 2 N–H and O–H groups in total. The van der Waals surface area contributed by atoms with E-state index in [1.165, 1.54) is 22.7 Å². The molecule has 1 amide bonds. The van der Waals surface area contributed by atoms with Crippen LogP contribution in [0.15, 0.2) is 29.1 Å². The van der Waals surface area contributed by atoms with Gasteiger partial charge in [0.15, 0.2) is 5.13 Å². The third-order valence-corrected chi connectivity index (χ3v) is 6.97. The van der Waals surface area contributed by atoms with Gasteiger partial charge in [0, 0.05) is 10.4 Å². The van der Waals surface area contributed by atoms with Crippen LogP contribution in [0.4, 0.5) is 5.13 Å². The summed E-state index contributed by atoms with van der Waals surface area (Å²) in [7, 11) is 5.43. The average molecular weight is 470 g/mol.